The number of thiazole rings is 1. The average molecular weight is 484 g/mol. The number of nitrogens with zero attached hydrogens (tertiary/aromatic N) is 1. The van der Waals surface area contributed by atoms with Crippen molar-refractivity contribution in [3.63, 3.8) is 0 Å². The SMILES string of the molecule is CC(=O)c1ccc(S(=O)(=O)NCc2ccc(C(=O)Nc3nc4c(s3)CCCCC4)cc2)cc1. The highest BCUT2D eigenvalue weighted by molar-refractivity contribution is 7.89. The van der Waals surface area contributed by atoms with Crippen molar-refractivity contribution in [2.45, 2.75) is 50.5 Å². The quantitative estimate of drug-likeness (QED) is 0.384. The number of rotatable bonds is 7. The van der Waals surface area contributed by atoms with Crippen LogP contribution in [0, 0.1) is 0 Å². The smallest absolute Gasteiger partial charge is 0.257 e. The van der Waals surface area contributed by atoms with Gasteiger partial charge in [0.25, 0.3) is 5.91 Å². The number of hydrogen-bond acceptors (Lipinski definition) is 6. The van der Waals surface area contributed by atoms with E-state index in [2.05, 4.69) is 15.0 Å². The molecule has 1 amide bonds. The zero-order valence-electron chi connectivity index (χ0n) is 18.3. The normalized spacial score (nSPS) is 13.7. The largest absolute Gasteiger partial charge is 0.298 e. The molecule has 3 aromatic rings. The lowest BCUT2D eigenvalue weighted by Gasteiger charge is -2.08. The number of ketones is 1. The first-order chi connectivity index (χ1) is 15.8. The topological polar surface area (TPSA) is 105 Å². The number of amides is 1. The summed E-state index contributed by atoms with van der Waals surface area (Å²) in [5.74, 6) is -0.363. The van der Waals surface area contributed by atoms with E-state index in [4.69, 9.17) is 0 Å². The van der Waals surface area contributed by atoms with E-state index in [1.54, 1.807) is 35.6 Å². The molecule has 0 saturated heterocycles. The van der Waals surface area contributed by atoms with Gasteiger partial charge in [0.2, 0.25) is 10.0 Å². The molecule has 0 radical (unpaired) electrons. The minimum Gasteiger partial charge on any atom is -0.298 e. The van der Waals surface area contributed by atoms with Crippen molar-refractivity contribution >= 4 is 38.2 Å². The Morgan fingerprint density at radius 1 is 0.939 bits per heavy atom. The van der Waals surface area contributed by atoms with E-state index >= 15 is 0 Å². The summed E-state index contributed by atoms with van der Waals surface area (Å²) < 4.78 is 27.5. The number of aryl methyl sites for hydroxylation is 2. The van der Waals surface area contributed by atoms with Crippen LogP contribution in [0.4, 0.5) is 5.13 Å². The second-order valence-corrected chi connectivity index (χ2v) is 10.9. The summed E-state index contributed by atoms with van der Waals surface area (Å²) in [5, 5.41) is 3.50. The van der Waals surface area contributed by atoms with Gasteiger partial charge in [-0.3, -0.25) is 14.9 Å². The van der Waals surface area contributed by atoms with E-state index in [0.717, 1.165) is 36.9 Å². The van der Waals surface area contributed by atoms with Crippen molar-refractivity contribution in [1.29, 1.82) is 0 Å². The van der Waals surface area contributed by atoms with E-state index in [0.29, 0.717) is 16.3 Å². The molecule has 7 nitrogen and oxygen atoms in total. The maximum Gasteiger partial charge on any atom is 0.257 e. The Bertz CT molecular complexity index is 1240. The molecule has 0 fully saturated rings. The molecule has 0 aliphatic heterocycles. The minimum atomic E-state index is -3.72. The van der Waals surface area contributed by atoms with E-state index in [-0.39, 0.29) is 23.1 Å². The van der Waals surface area contributed by atoms with Gasteiger partial charge in [-0.25, -0.2) is 18.1 Å². The van der Waals surface area contributed by atoms with E-state index in [1.807, 2.05) is 0 Å². The Morgan fingerprint density at radius 3 is 2.30 bits per heavy atom. The third-order valence-electron chi connectivity index (χ3n) is 5.57. The predicted molar refractivity (Wildman–Crippen MR) is 128 cm³/mol. The van der Waals surface area contributed by atoms with Crippen LogP contribution in [0.2, 0.25) is 0 Å². The molecule has 0 unspecified atom stereocenters. The Morgan fingerprint density at radius 2 is 1.61 bits per heavy atom. The van der Waals surface area contributed by atoms with Crippen LogP contribution in [-0.4, -0.2) is 25.1 Å². The first kappa shape index (κ1) is 23.3. The number of Topliss-reactive ketones (excluding diaryl/α,β-unsaturated/α-hetero) is 1. The molecule has 1 aromatic heterocycles. The van der Waals surface area contributed by atoms with E-state index in [1.165, 1.54) is 42.5 Å². The summed E-state index contributed by atoms with van der Waals surface area (Å²) in [6, 6.07) is 12.6. The van der Waals surface area contributed by atoms with Crippen LogP contribution in [0.15, 0.2) is 53.4 Å². The zero-order valence-corrected chi connectivity index (χ0v) is 19.9. The number of benzene rings is 2. The molecule has 0 spiro atoms. The molecule has 1 aliphatic carbocycles. The average Bonchev–Trinajstić information content (AvgIpc) is 3.05. The summed E-state index contributed by atoms with van der Waals surface area (Å²) in [6.45, 7) is 1.51. The zero-order chi connectivity index (χ0) is 23.4. The van der Waals surface area contributed by atoms with Crippen molar-refractivity contribution in [2.24, 2.45) is 0 Å². The summed E-state index contributed by atoms with van der Waals surface area (Å²) >= 11 is 1.55. The second kappa shape index (κ2) is 9.94. The van der Waals surface area contributed by atoms with Gasteiger partial charge in [0.1, 0.15) is 0 Å². The maximum absolute atomic E-state index is 12.6. The molecule has 33 heavy (non-hydrogen) atoms. The summed E-state index contributed by atoms with van der Waals surface area (Å²) in [5.41, 5.74) is 2.76. The van der Waals surface area contributed by atoms with Crippen LogP contribution in [0.25, 0.3) is 0 Å². The number of carbonyl (C=O) groups is 2. The first-order valence-corrected chi connectivity index (χ1v) is 13.1. The molecule has 0 saturated carbocycles. The van der Waals surface area contributed by atoms with Gasteiger partial charge in [-0.05, 0) is 62.4 Å². The molecule has 0 bridgehead atoms. The minimum absolute atomic E-state index is 0.0812. The number of anilines is 1. The fourth-order valence-electron chi connectivity index (χ4n) is 3.66. The number of carbonyl (C=O) groups excluding carboxylic acids is 2. The van der Waals surface area contributed by atoms with Crippen molar-refractivity contribution in [2.75, 3.05) is 5.32 Å². The number of hydrogen-bond donors (Lipinski definition) is 2. The van der Waals surface area contributed by atoms with Gasteiger partial charge in [-0.1, -0.05) is 30.7 Å². The molecular weight excluding hydrogens is 458 g/mol. The van der Waals surface area contributed by atoms with Crippen molar-refractivity contribution in [1.82, 2.24) is 9.71 Å². The predicted octanol–water partition coefficient (Wildman–Crippen LogP) is 4.35. The van der Waals surface area contributed by atoms with Crippen molar-refractivity contribution in [3.8, 4) is 0 Å². The number of nitrogens with one attached hydrogen (secondary N) is 2. The van der Waals surface area contributed by atoms with Crippen LogP contribution in [-0.2, 0) is 29.4 Å². The van der Waals surface area contributed by atoms with Crippen LogP contribution in [0.5, 0.6) is 0 Å². The van der Waals surface area contributed by atoms with E-state index < -0.39 is 10.0 Å². The van der Waals surface area contributed by atoms with Gasteiger partial charge in [0, 0.05) is 22.5 Å². The van der Waals surface area contributed by atoms with Crippen LogP contribution >= 0.6 is 11.3 Å². The van der Waals surface area contributed by atoms with Gasteiger partial charge in [-0.2, -0.15) is 0 Å². The molecule has 4 rings (SSSR count). The maximum atomic E-state index is 12.6. The number of fused-ring (bicyclic) bond motifs is 1. The highest BCUT2D eigenvalue weighted by atomic mass is 32.2. The Hall–Kier alpha value is -2.88. The molecule has 172 valence electrons. The Labute approximate surface area is 197 Å². The van der Waals surface area contributed by atoms with Gasteiger partial charge in [-0.15, -0.1) is 11.3 Å². The van der Waals surface area contributed by atoms with E-state index in [9.17, 15) is 18.0 Å². The lowest BCUT2D eigenvalue weighted by molar-refractivity contribution is 0.101. The molecule has 2 N–H and O–H groups in total. The summed E-state index contributed by atoms with van der Waals surface area (Å²) in [7, 11) is -3.72. The second-order valence-electron chi connectivity index (χ2n) is 8.01. The van der Waals surface area contributed by atoms with Crippen LogP contribution < -0.4 is 10.0 Å². The standard InChI is InChI=1S/C24H25N3O4S2/c1-16(28)18-11-13-20(14-12-18)33(30,31)25-15-17-7-9-19(10-8-17)23(29)27-24-26-21-5-3-2-4-6-22(21)32-24/h7-14,25H,2-6,15H2,1H3,(H,26,27,29). The number of aromatic nitrogens is 1. The van der Waals surface area contributed by atoms with Gasteiger partial charge in [0.15, 0.2) is 10.9 Å². The molecular formula is C24H25N3O4S2. The molecule has 0 atom stereocenters. The fourth-order valence-corrected chi connectivity index (χ4v) is 5.72. The summed E-state index contributed by atoms with van der Waals surface area (Å²) in [4.78, 5) is 29.9. The van der Waals surface area contributed by atoms with Crippen LogP contribution in [0.1, 0.15) is 63.0 Å². The lowest BCUT2D eigenvalue weighted by Crippen LogP contribution is -2.23. The monoisotopic (exact) mass is 483 g/mol. The van der Waals surface area contributed by atoms with Gasteiger partial charge in [0.05, 0.1) is 10.6 Å². The van der Waals surface area contributed by atoms with Gasteiger partial charge < -0.3 is 0 Å². The Balaban J connectivity index is 1.36. The third-order valence-corrected chi connectivity index (χ3v) is 8.06. The molecule has 9 heteroatoms. The third kappa shape index (κ3) is 5.73. The molecule has 2 aromatic carbocycles. The highest BCUT2D eigenvalue weighted by Crippen LogP contribution is 2.29. The lowest BCUT2D eigenvalue weighted by atomic mass is 10.1. The van der Waals surface area contributed by atoms with Gasteiger partial charge >= 0.3 is 0 Å². The van der Waals surface area contributed by atoms with Crippen molar-refractivity contribution in [3.05, 3.63) is 75.8 Å². The Kier molecular flexibility index (Phi) is 7.02. The molecule has 1 aliphatic rings. The first-order valence-electron chi connectivity index (χ1n) is 10.8. The highest BCUT2D eigenvalue weighted by Gasteiger charge is 2.17. The number of sulfonamides is 1. The van der Waals surface area contributed by atoms with Crippen LogP contribution in [0.3, 0.4) is 0 Å². The molecule has 1 heterocycles. The fraction of sp³-hybridized carbons (Fsp3) is 0.292. The van der Waals surface area contributed by atoms with Crippen molar-refractivity contribution < 1.29 is 18.0 Å². The summed E-state index contributed by atoms with van der Waals surface area (Å²) in [6.07, 6.45) is 5.51.